The first kappa shape index (κ1) is 24.9. The summed E-state index contributed by atoms with van der Waals surface area (Å²) in [5.41, 5.74) is 1.53. The highest BCUT2D eigenvalue weighted by Gasteiger charge is 2.32. The molecule has 1 aliphatic heterocycles. The molecule has 0 aliphatic carbocycles. The summed E-state index contributed by atoms with van der Waals surface area (Å²) in [4.78, 5) is 25.0. The van der Waals surface area contributed by atoms with Crippen molar-refractivity contribution in [1.82, 2.24) is 9.62 Å². The molecule has 1 heterocycles. The van der Waals surface area contributed by atoms with E-state index in [2.05, 4.69) is 10.6 Å². The first-order valence-electron chi connectivity index (χ1n) is 11.9. The van der Waals surface area contributed by atoms with Gasteiger partial charge in [-0.3, -0.25) is 9.59 Å². The maximum Gasteiger partial charge on any atom is 0.243 e. The molecule has 1 saturated heterocycles. The summed E-state index contributed by atoms with van der Waals surface area (Å²) in [6.07, 6.45) is 1.22. The average molecular weight is 494 g/mol. The van der Waals surface area contributed by atoms with Gasteiger partial charge < -0.3 is 10.6 Å². The highest BCUT2D eigenvalue weighted by atomic mass is 32.2. The normalized spacial score (nSPS) is 15.3. The number of rotatable bonds is 7. The van der Waals surface area contributed by atoms with Crippen LogP contribution in [-0.2, 0) is 26.0 Å². The highest BCUT2D eigenvalue weighted by molar-refractivity contribution is 7.89. The lowest BCUT2D eigenvalue weighted by molar-refractivity contribution is -0.121. The summed E-state index contributed by atoms with van der Waals surface area (Å²) in [6.45, 7) is 4.44. The molecule has 0 atom stereocenters. The molecule has 0 bridgehead atoms. The van der Waals surface area contributed by atoms with Gasteiger partial charge in [0.25, 0.3) is 0 Å². The molecule has 0 radical (unpaired) electrons. The third kappa shape index (κ3) is 6.07. The van der Waals surface area contributed by atoms with Gasteiger partial charge in [0.2, 0.25) is 21.8 Å². The van der Waals surface area contributed by atoms with Gasteiger partial charge in [-0.25, -0.2) is 8.42 Å². The monoisotopic (exact) mass is 493 g/mol. The van der Waals surface area contributed by atoms with Gasteiger partial charge in [-0.15, -0.1) is 0 Å². The van der Waals surface area contributed by atoms with E-state index >= 15 is 0 Å². The molecule has 4 rings (SSSR count). The minimum atomic E-state index is -3.62. The Morgan fingerprint density at radius 2 is 1.60 bits per heavy atom. The lowest BCUT2D eigenvalue weighted by Crippen LogP contribution is -2.41. The average Bonchev–Trinajstić information content (AvgIpc) is 2.84. The van der Waals surface area contributed by atoms with E-state index in [1.54, 1.807) is 24.3 Å². The van der Waals surface area contributed by atoms with Crippen molar-refractivity contribution in [3.8, 4) is 0 Å². The van der Waals surface area contributed by atoms with E-state index in [1.165, 1.54) is 4.31 Å². The number of carbonyl (C=O) groups is 2. The Hall–Kier alpha value is -3.23. The summed E-state index contributed by atoms with van der Waals surface area (Å²) in [5.74, 6) is -0.408. The summed E-state index contributed by atoms with van der Waals surface area (Å²) in [7, 11) is -3.62. The molecular weight excluding hydrogens is 462 g/mol. The van der Waals surface area contributed by atoms with Gasteiger partial charge in [0.15, 0.2) is 0 Å². The minimum Gasteiger partial charge on any atom is -0.354 e. The number of anilines is 1. The van der Waals surface area contributed by atoms with E-state index in [-0.39, 0.29) is 35.1 Å². The van der Waals surface area contributed by atoms with Gasteiger partial charge in [0.05, 0.1) is 11.3 Å². The molecule has 7 nitrogen and oxygen atoms in total. The zero-order chi connectivity index (χ0) is 25.0. The molecule has 2 amide bonds. The Balaban J connectivity index is 1.32. The van der Waals surface area contributed by atoms with E-state index in [0.29, 0.717) is 31.6 Å². The fourth-order valence-corrected chi connectivity index (χ4v) is 5.85. The topological polar surface area (TPSA) is 95.6 Å². The fraction of sp³-hybridized carbons (Fsp3) is 0.333. The van der Waals surface area contributed by atoms with Gasteiger partial charge in [-0.1, -0.05) is 42.5 Å². The third-order valence-electron chi connectivity index (χ3n) is 6.22. The molecule has 0 unspecified atom stereocenters. The maximum absolute atomic E-state index is 13.2. The molecule has 1 fully saturated rings. The van der Waals surface area contributed by atoms with Gasteiger partial charge in [-0.2, -0.15) is 4.31 Å². The lowest BCUT2D eigenvalue weighted by atomic mass is 9.97. The standard InChI is InChI=1S/C27H31N3O4S/c1-19(2)28-26(31)17-20-7-10-24(11-8-20)29-27(32)22-13-15-30(16-14-22)35(33,34)25-12-9-21-5-3-4-6-23(21)18-25/h3-12,18-19,22H,13-17H2,1-2H3,(H,28,31)(H,29,32). The smallest absolute Gasteiger partial charge is 0.243 e. The van der Waals surface area contributed by atoms with Crippen LogP contribution >= 0.6 is 0 Å². The molecule has 0 aromatic heterocycles. The number of sulfonamides is 1. The Kier molecular flexibility index (Phi) is 7.52. The largest absolute Gasteiger partial charge is 0.354 e. The lowest BCUT2D eigenvalue weighted by Gasteiger charge is -2.30. The number of benzene rings is 3. The number of nitrogens with zero attached hydrogens (tertiary/aromatic N) is 1. The fourth-order valence-electron chi connectivity index (χ4n) is 4.34. The molecule has 2 N–H and O–H groups in total. The number of hydrogen-bond acceptors (Lipinski definition) is 4. The molecule has 8 heteroatoms. The third-order valence-corrected chi connectivity index (χ3v) is 8.11. The van der Waals surface area contributed by atoms with Crippen molar-refractivity contribution in [3.05, 3.63) is 72.3 Å². The van der Waals surface area contributed by atoms with E-state index in [0.717, 1.165) is 16.3 Å². The summed E-state index contributed by atoms with van der Waals surface area (Å²) in [6, 6.07) is 20.2. The SMILES string of the molecule is CC(C)NC(=O)Cc1ccc(NC(=O)C2CCN(S(=O)(=O)c3ccc4ccccc4c3)CC2)cc1. The Morgan fingerprint density at radius 1 is 0.943 bits per heavy atom. The number of fused-ring (bicyclic) bond motifs is 1. The number of nitrogens with one attached hydrogen (secondary N) is 2. The number of carbonyl (C=O) groups excluding carboxylic acids is 2. The number of hydrogen-bond donors (Lipinski definition) is 2. The Morgan fingerprint density at radius 3 is 2.26 bits per heavy atom. The molecule has 184 valence electrons. The second-order valence-corrected chi connectivity index (χ2v) is 11.2. The van der Waals surface area contributed by atoms with E-state index in [4.69, 9.17) is 0 Å². The second-order valence-electron chi connectivity index (χ2n) is 9.27. The van der Waals surface area contributed by atoms with Crippen LogP contribution in [0.3, 0.4) is 0 Å². The summed E-state index contributed by atoms with van der Waals surface area (Å²) >= 11 is 0. The van der Waals surface area contributed by atoms with Gasteiger partial charge in [0.1, 0.15) is 0 Å². The van der Waals surface area contributed by atoms with Crippen LogP contribution in [0.15, 0.2) is 71.6 Å². The molecule has 3 aromatic carbocycles. The van der Waals surface area contributed by atoms with Gasteiger partial charge >= 0.3 is 0 Å². The Labute approximate surface area is 206 Å². The van der Waals surface area contributed by atoms with E-state index < -0.39 is 10.0 Å². The van der Waals surface area contributed by atoms with Crippen molar-refractivity contribution in [2.24, 2.45) is 5.92 Å². The molecule has 0 spiro atoms. The van der Waals surface area contributed by atoms with Crippen LogP contribution in [0.5, 0.6) is 0 Å². The predicted molar refractivity (Wildman–Crippen MR) is 137 cm³/mol. The van der Waals surface area contributed by atoms with Crippen molar-refractivity contribution >= 4 is 38.3 Å². The molecular formula is C27H31N3O4S. The van der Waals surface area contributed by atoms with Crippen LogP contribution in [0.2, 0.25) is 0 Å². The molecule has 3 aromatic rings. The second kappa shape index (κ2) is 10.6. The highest BCUT2D eigenvalue weighted by Crippen LogP contribution is 2.27. The van der Waals surface area contributed by atoms with Crippen molar-refractivity contribution in [2.45, 2.75) is 44.0 Å². The number of amides is 2. The zero-order valence-corrected chi connectivity index (χ0v) is 20.8. The maximum atomic E-state index is 13.2. The minimum absolute atomic E-state index is 0.0396. The van der Waals surface area contributed by atoms with E-state index in [1.807, 2.05) is 56.3 Å². The molecule has 0 saturated carbocycles. The van der Waals surface area contributed by atoms with Crippen molar-refractivity contribution in [1.29, 1.82) is 0 Å². The Bertz CT molecular complexity index is 1310. The number of piperidine rings is 1. The van der Waals surface area contributed by atoms with Crippen LogP contribution in [0.25, 0.3) is 10.8 Å². The van der Waals surface area contributed by atoms with Crippen LogP contribution in [0.1, 0.15) is 32.3 Å². The first-order valence-corrected chi connectivity index (χ1v) is 13.3. The van der Waals surface area contributed by atoms with Gasteiger partial charge in [-0.05, 0) is 67.3 Å². The summed E-state index contributed by atoms with van der Waals surface area (Å²) in [5, 5.41) is 7.66. The molecule has 35 heavy (non-hydrogen) atoms. The van der Waals surface area contributed by atoms with Crippen LogP contribution in [0, 0.1) is 5.92 Å². The summed E-state index contributed by atoms with van der Waals surface area (Å²) < 4.78 is 27.8. The van der Waals surface area contributed by atoms with Gasteiger partial charge in [0, 0.05) is 30.7 Å². The predicted octanol–water partition coefficient (Wildman–Crippen LogP) is 3.95. The zero-order valence-electron chi connectivity index (χ0n) is 20.0. The first-order chi connectivity index (χ1) is 16.7. The van der Waals surface area contributed by atoms with Crippen LogP contribution in [0.4, 0.5) is 5.69 Å². The molecule has 1 aliphatic rings. The van der Waals surface area contributed by atoms with Crippen LogP contribution < -0.4 is 10.6 Å². The van der Waals surface area contributed by atoms with Crippen molar-refractivity contribution in [3.63, 3.8) is 0 Å². The van der Waals surface area contributed by atoms with Crippen molar-refractivity contribution in [2.75, 3.05) is 18.4 Å². The van der Waals surface area contributed by atoms with Crippen LogP contribution in [-0.4, -0.2) is 43.7 Å². The quantitative estimate of drug-likeness (QED) is 0.521. The van der Waals surface area contributed by atoms with E-state index in [9.17, 15) is 18.0 Å². The van der Waals surface area contributed by atoms with Crippen molar-refractivity contribution < 1.29 is 18.0 Å².